The number of benzene rings is 2. The van der Waals surface area contributed by atoms with Gasteiger partial charge in [0.25, 0.3) is 0 Å². The van der Waals surface area contributed by atoms with E-state index in [0.29, 0.717) is 23.9 Å². The number of hydrogen-bond acceptors (Lipinski definition) is 5. The van der Waals surface area contributed by atoms with Crippen LogP contribution < -0.4 is 11.2 Å². The molecule has 0 fully saturated rings. The molecule has 2 aromatic carbocycles. The van der Waals surface area contributed by atoms with Crippen LogP contribution in [0.2, 0.25) is 0 Å². The van der Waals surface area contributed by atoms with Crippen LogP contribution in [-0.4, -0.2) is 32.6 Å². The normalized spacial score (nSPS) is 12.2. The standard InChI is InChI=1S/C19H23N5OS/c1-3-11-21-18(25)13(2)26-19-23-22-17(24(19)20)12-15-9-6-8-14-7-4-5-10-16(14)15/h4-10,13H,3,11-12,20H2,1-2H3,(H,21,25)/t13-/m1/s1. The minimum Gasteiger partial charge on any atom is -0.355 e. The zero-order valence-corrected chi connectivity index (χ0v) is 15.8. The molecule has 0 aliphatic rings. The van der Waals surface area contributed by atoms with E-state index in [-0.39, 0.29) is 11.2 Å². The van der Waals surface area contributed by atoms with Crippen molar-refractivity contribution in [3.05, 3.63) is 53.9 Å². The lowest BCUT2D eigenvalue weighted by atomic mass is 10.0. The van der Waals surface area contributed by atoms with Crippen molar-refractivity contribution in [2.45, 2.75) is 37.1 Å². The molecule has 0 saturated carbocycles. The molecule has 0 spiro atoms. The van der Waals surface area contributed by atoms with Gasteiger partial charge in [-0.1, -0.05) is 61.2 Å². The summed E-state index contributed by atoms with van der Waals surface area (Å²) in [4.78, 5) is 12.0. The number of nitrogens with one attached hydrogen (secondary N) is 1. The second kappa shape index (κ2) is 8.23. The summed E-state index contributed by atoms with van der Waals surface area (Å²) in [6.07, 6.45) is 1.49. The second-order valence-electron chi connectivity index (χ2n) is 6.13. The number of amides is 1. The summed E-state index contributed by atoms with van der Waals surface area (Å²) < 4.78 is 1.48. The van der Waals surface area contributed by atoms with Crippen LogP contribution in [0, 0.1) is 0 Å². The Morgan fingerprint density at radius 2 is 2.00 bits per heavy atom. The van der Waals surface area contributed by atoms with Gasteiger partial charge in [0.15, 0.2) is 5.82 Å². The predicted octanol–water partition coefficient (Wildman–Crippen LogP) is 2.74. The highest BCUT2D eigenvalue weighted by atomic mass is 32.2. The fourth-order valence-corrected chi connectivity index (χ4v) is 3.54. The van der Waals surface area contributed by atoms with Crippen molar-refractivity contribution >= 4 is 28.4 Å². The number of thioether (sulfide) groups is 1. The number of carbonyl (C=O) groups excluding carboxylic acids is 1. The Balaban J connectivity index is 1.76. The molecule has 3 aromatic rings. The smallest absolute Gasteiger partial charge is 0.233 e. The van der Waals surface area contributed by atoms with E-state index < -0.39 is 0 Å². The molecule has 3 N–H and O–H groups in total. The molecule has 0 bridgehead atoms. The second-order valence-corrected chi connectivity index (χ2v) is 7.44. The molecule has 7 heteroatoms. The molecule has 0 radical (unpaired) electrons. The molecule has 6 nitrogen and oxygen atoms in total. The van der Waals surface area contributed by atoms with Crippen molar-refractivity contribution in [3.63, 3.8) is 0 Å². The zero-order chi connectivity index (χ0) is 18.5. The molecule has 3 rings (SSSR count). The summed E-state index contributed by atoms with van der Waals surface area (Å²) in [5, 5.41) is 13.9. The third-order valence-corrected chi connectivity index (χ3v) is 5.22. The molecule has 0 unspecified atom stereocenters. The van der Waals surface area contributed by atoms with Gasteiger partial charge in [0.1, 0.15) is 0 Å². The molecule has 26 heavy (non-hydrogen) atoms. The number of nitrogens with two attached hydrogens (primary N) is 1. The van der Waals surface area contributed by atoms with Crippen LogP contribution in [0.15, 0.2) is 47.6 Å². The monoisotopic (exact) mass is 369 g/mol. The maximum absolute atomic E-state index is 12.0. The van der Waals surface area contributed by atoms with E-state index in [9.17, 15) is 4.79 Å². The fourth-order valence-electron chi connectivity index (χ4n) is 2.73. The van der Waals surface area contributed by atoms with Gasteiger partial charge in [0.2, 0.25) is 11.1 Å². The van der Waals surface area contributed by atoms with Gasteiger partial charge in [-0.25, -0.2) is 4.68 Å². The maximum atomic E-state index is 12.0. The summed E-state index contributed by atoms with van der Waals surface area (Å²) in [5.41, 5.74) is 1.15. The minimum atomic E-state index is -0.279. The van der Waals surface area contributed by atoms with Crippen LogP contribution in [-0.2, 0) is 11.2 Å². The summed E-state index contributed by atoms with van der Waals surface area (Å²) >= 11 is 1.32. The van der Waals surface area contributed by atoms with E-state index >= 15 is 0 Å². The van der Waals surface area contributed by atoms with E-state index in [1.807, 2.05) is 32.0 Å². The van der Waals surface area contributed by atoms with E-state index in [1.165, 1.54) is 27.2 Å². The summed E-state index contributed by atoms with van der Waals surface area (Å²) in [7, 11) is 0. The van der Waals surface area contributed by atoms with Crippen LogP contribution in [0.5, 0.6) is 0 Å². The Morgan fingerprint density at radius 3 is 2.81 bits per heavy atom. The zero-order valence-electron chi connectivity index (χ0n) is 15.0. The number of aromatic nitrogens is 3. The number of nitrogens with zero attached hydrogens (tertiary/aromatic N) is 3. The first kappa shape index (κ1) is 18.3. The van der Waals surface area contributed by atoms with E-state index in [1.54, 1.807) is 0 Å². The number of rotatable bonds is 7. The van der Waals surface area contributed by atoms with Crippen molar-refractivity contribution in [2.24, 2.45) is 0 Å². The van der Waals surface area contributed by atoms with E-state index in [0.717, 1.165) is 12.0 Å². The van der Waals surface area contributed by atoms with Crippen molar-refractivity contribution in [1.29, 1.82) is 0 Å². The molecule has 136 valence electrons. The van der Waals surface area contributed by atoms with Gasteiger partial charge in [0.05, 0.1) is 5.25 Å². The summed E-state index contributed by atoms with van der Waals surface area (Å²) in [6, 6.07) is 14.4. The molecular formula is C19H23N5OS. The third kappa shape index (κ3) is 3.99. The number of nitrogen functional groups attached to an aromatic ring is 1. The van der Waals surface area contributed by atoms with Gasteiger partial charge in [-0.2, -0.15) is 0 Å². The maximum Gasteiger partial charge on any atom is 0.233 e. The van der Waals surface area contributed by atoms with E-state index in [2.05, 4.69) is 39.8 Å². The van der Waals surface area contributed by atoms with Crippen LogP contribution in [0.1, 0.15) is 31.7 Å². The van der Waals surface area contributed by atoms with Gasteiger partial charge >= 0.3 is 0 Å². The first-order valence-electron chi connectivity index (χ1n) is 8.70. The largest absolute Gasteiger partial charge is 0.355 e. The van der Waals surface area contributed by atoms with Crippen LogP contribution >= 0.6 is 11.8 Å². The van der Waals surface area contributed by atoms with Crippen molar-refractivity contribution in [1.82, 2.24) is 20.2 Å². The van der Waals surface area contributed by atoms with Crippen LogP contribution in [0.4, 0.5) is 0 Å². The molecule has 1 amide bonds. The molecular weight excluding hydrogens is 346 g/mol. The first-order valence-corrected chi connectivity index (χ1v) is 9.58. The number of hydrogen-bond donors (Lipinski definition) is 2. The highest BCUT2D eigenvalue weighted by Gasteiger charge is 2.19. The van der Waals surface area contributed by atoms with Gasteiger partial charge < -0.3 is 11.2 Å². The Morgan fingerprint density at radius 1 is 1.23 bits per heavy atom. The van der Waals surface area contributed by atoms with Gasteiger partial charge in [-0.3, -0.25) is 4.79 Å². The number of carbonyl (C=O) groups is 1. The third-order valence-electron chi connectivity index (χ3n) is 4.16. The van der Waals surface area contributed by atoms with Crippen LogP contribution in [0.25, 0.3) is 10.8 Å². The average Bonchev–Trinajstić information content (AvgIpc) is 2.99. The molecule has 1 heterocycles. The quantitative estimate of drug-likeness (QED) is 0.494. The Kier molecular flexibility index (Phi) is 5.78. The Labute approximate surface area is 157 Å². The highest BCUT2D eigenvalue weighted by Crippen LogP contribution is 2.24. The van der Waals surface area contributed by atoms with Gasteiger partial charge in [-0.15, -0.1) is 10.2 Å². The summed E-state index contributed by atoms with van der Waals surface area (Å²) in [6.45, 7) is 4.54. The minimum absolute atomic E-state index is 0.0181. The predicted molar refractivity (Wildman–Crippen MR) is 106 cm³/mol. The van der Waals surface area contributed by atoms with Gasteiger partial charge in [-0.05, 0) is 29.7 Å². The van der Waals surface area contributed by atoms with Crippen LogP contribution in [0.3, 0.4) is 0 Å². The lowest BCUT2D eigenvalue weighted by molar-refractivity contribution is -0.120. The molecule has 1 atom stereocenters. The van der Waals surface area contributed by atoms with Gasteiger partial charge in [0, 0.05) is 13.0 Å². The molecule has 0 saturated heterocycles. The lowest BCUT2D eigenvalue weighted by Gasteiger charge is -2.11. The average molecular weight is 369 g/mol. The Bertz CT molecular complexity index is 903. The number of fused-ring (bicyclic) bond motifs is 1. The van der Waals surface area contributed by atoms with Crippen molar-refractivity contribution < 1.29 is 4.79 Å². The molecule has 1 aromatic heterocycles. The lowest BCUT2D eigenvalue weighted by Crippen LogP contribution is -2.31. The SMILES string of the molecule is CCCNC(=O)[C@@H](C)Sc1nnc(Cc2cccc3ccccc23)n1N. The topological polar surface area (TPSA) is 85.8 Å². The Hall–Kier alpha value is -2.54. The fraction of sp³-hybridized carbons (Fsp3) is 0.316. The van der Waals surface area contributed by atoms with E-state index in [4.69, 9.17) is 5.84 Å². The van der Waals surface area contributed by atoms with Crippen molar-refractivity contribution in [3.8, 4) is 0 Å². The van der Waals surface area contributed by atoms with Crippen molar-refractivity contribution in [2.75, 3.05) is 12.4 Å². The highest BCUT2D eigenvalue weighted by molar-refractivity contribution is 8.00. The first-order chi connectivity index (χ1) is 12.6. The molecule has 0 aliphatic carbocycles. The molecule has 0 aliphatic heterocycles. The summed E-state index contributed by atoms with van der Waals surface area (Å²) in [5.74, 6) is 6.84.